The number of amides is 1. The van der Waals surface area contributed by atoms with Crippen LogP contribution in [0.25, 0.3) is 22.0 Å². The number of rotatable bonds is 4. The molecule has 0 aliphatic rings. The molecule has 2 aromatic carbocycles. The second-order valence-electron chi connectivity index (χ2n) is 5.85. The van der Waals surface area contributed by atoms with Gasteiger partial charge in [0.2, 0.25) is 0 Å². The van der Waals surface area contributed by atoms with Crippen molar-refractivity contribution in [3.05, 3.63) is 71.7 Å². The first-order valence-corrected chi connectivity index (χ1v) is 8.95. The molecule has 0 saturated heterocycles. The van der Waals surface area contributed by atoms with E-state index in [2.05, 4.69) is 20.5 Å². The summed E-state index contributed by atoms with van der Waals surface area (Å²) in [6.07, 6.45) is 1.62. The molecule has 0 bridgehead atoms. The van der Waals surface area contributed by atoms with Gasteiger partial charge >= 0.3 is 0 Å². The van der Waals surface area contributed by atoms with Gasteiger partial charge in [0, 0.05) is 29.2 Å². The molecule has 1 N–H and O–H groups in total. The Hall–Kier alpha value is -3.39. The fraction of sp³-hybridized carbons (Fsp3) is 0.0526. The normalized spacial score (nSPS) is 10.7. The third kappa shape index (κ3) is 3.61. The predicted molar refractivity (Wildman–Crippen MR) is 102 cm³/mol. The molecule has 8 heteroatoms. The number of halogens is 1. The first-order valence-electron chi connectivity index (χ1n) is 8.07. The lowest BCUT2D eigenvalue weighted by atomic mass is 10.2. The van der Waals surface area contributed by atoms with Crippen molar-refractivity contribution in [2.45, 2.75) is 0 Å². The molecule has 27 heavy (non-hydrogen) atoms. The van der Waals surface area contributed by atoms with Crippen LogP contribution in [0, 0.1) is 5.82 Å². The second kappa shape index (κ2) is 7.08. The Morgan fingerprint density at radius 1 is 1.15 bits per heavy atom. The van der Waals surface area contributed by atoms with Crippen LogP contribution < -0.4 is 5.32 Å². The number of hydrogen-bond donors (Lipinski definition) is 1. The van der Waals surface area contributed by atoms with Crippen molar-refractivity contribution in [3.63, 3.8) is 0 Å². The minimum atomic E-state index is -0.310. The zero-order valence-electron chi connectivity index (χ0n) is 14.3. The monoisotopic (exact) mass is 379 g/mol. The second-order valence-corrected chi connectivity index (χ2v) is 6.70. The molecular formula is C19H14FN5OS. The smallest absolute Gasteiger partial charge is 0.275 e. The van der Waals surface area contributed by atoms with Crippen molar-refractivity contribution in [3.8, 4) is 22.0 Å². The summed E-state index contributed by atoms with van der Waals surface area (Å²) in [7, 11) is 1.85. The summed E-state index contributed by atoms with van der Waals surface area (Å²) >= 11 is 1.33. The SMILES string of the molecule is Cn1cnnc1-c1cccc(NC(=O)c2csc(-c3ccc(F)cc3)n2)c1. The van der Waals surface area contributed by atoms with Crippen LogP contribution in [0.2, 0.25) is 0 Å². The van der Waals surface area contributed by atoms with E-state index in [9.17, 15) is 9.18 Å². The highest BCUT2D eigenvalue weighted by molar-refractivity contribution is 7.13. The number of thiazole rings is 1. The van der Waals surface area contributed by atoms with Crippen LogP contribution in [0.3, 0.4) is 0 Å². The maximum Gasteiger partial charge on any atom is 0.275 e. The van der Waals surface area contributed by atoms with Gasteiger partial charge in [-0.25, -0.2) is 9.37 Å². The number of hydrogen-bond acceptors (Lipinski definition) is 5. The molecular weight excluding hydrogens is 365 g/mol. The van der Waals surface area contributed by atoms with Crippen molar-refractivity contribution in [2.75, 3.05) is 5.32 Å². The van der Waals surface area contributed by atoms with Gasteiger partial charge in [-0.15, -0.1) is 21.5 Å². The Morgan fingerprint density at radius 2 is 1.96 bits per heavy atom. The lowest BCUT2D eigenvalue weighted by molar-refractivity contribution is 0.102. The van der Waals surface area contributed by atoms with E-state index >= 15 is 0 Å². The standard InChI is InChI=1S/C19H14FN5OS/c1-25-11-21-24-17(25)13-3-2-4-15(9-13)22-18(26)16-10-27-19(23-16)12-5-7-14(20)8-6-12/h2-11H,1H3,(H,22,26). The van der Waals surface area contributed by atoms with Gasteiger partial charge in [0.15, 0.2) is 5.82 Å². The summed E-state index contributed by atoms with van der Waals surface area (Å²) in [5.74, 6) is 0.0872. The molecule has 4 rings (SSSR count). The first-order chi connectivity index (χ1) is 13.1. The third-order valence-electron chi connectivity index (χ3n) is 3.92. The highest BCUT2D eigenvalue weighted by Gasteiger charge is 2.13. The van der Waals surface area contributed by atoms with Crippen molar-refractivity contribution in [1.82, 2.24) is 19.7 Å². The minimum Gasteiger partial charge on any atom is -0.321 e. The zero-order chi connectivity index (χ0) is 18.8. The minimum absolute atomic E-state index is 0.309. The number of carbonyl (C=O) groups is 1. The summed E-state index contributed by atoms with van der Waals surface area (Å²) in [6, 6.07) is 13.4. The summed E-state index contributed by atoms with van der Waals surface area (Å²) in [6.45, 7) is 0. The van der Waals surface area contributed by atoms with E-state index in [1.807, 2.05) is 25.2 Å². The summed E-state index contributed by atoms with van der Waals surface area (Å²) in [5.41, 5.74) is 2.56. The molecule has 1 amide bonds. The Labute approximate surface area is 158 Å². The van der Waals surface area contributed by atoms with Crippen molar-refractivity contribution >= 4 is 22.9 Å². The molecule has 0 unspecified atom stereocenters. The molecule has 6 nitrogen and oxygen atoms in total. The lowest BCUT2D eigenvalue weighted by Gasteiger charge is -2.06. The summed E-state index contributed by atoms with van der Waals surface area (Å²) in [4.78, 5) is 16.9. The number of anilines is 1. The average Bonchev–Trinajstić information content (AvgIpc) is 3.32. The molecule has 134 valence electrons. The molecule has 0 radical (unpaired) electrons. The van der Waals surface area contributed by atoms with Gasteiger partial charge in [0.25, 0.3) is 5.91 Å². The van der Waals surface area contributed by atoms with Crippen LogP contribution in [0.4, 0.5) is 10.1 Å². The predicted octanol–water partition coefficient (Wildman–Crippen LogP) is 4.00. The van der Waals surface area contributed by atoms with E-state index in [1.54, 1.807) is 34.5 Å². The number of benzene rings is 2. The van der Waals surface area contributed by atoms with Crippen molar-refractivity contribution < 1.29 is 9.18 Å². The Bertz CT molecular complexity index is 1100. The van der Waals surface area contributed by atoms with Crippen LogP contribution in [-0.2, 0) is 7.05 Å². The Kier molecular flexibility index (Phi) is 4.47. The fourth-order valence-electron chi connectivity index (χ4n) is 2.58. The van der Waals surface area contributed by atoms with E-state index < -0.39 is 0 Å². The molecule has 0 aliphatic carbocycles. The maximum absolute atomic E-state index is 13.0. The summed E-state index contributed by atoms with van der Waals surface area (Å²) < 4.78 is 14.8. The van der Waals surface area contributed by atoms with Gasteiger partial charge in [0.05, 0.1) is 0 Å². The maximum atomic E-state index is 13.0. The molecule has 2 heterocycles. The van der Waals surface area contributed by atoms with E-state index in [0.717, 1.165) is 11.1 Å². The first kappa shape index (κ1) is 17.0. The topological polar surface area (TPSA) is 72.7 Å². The number of aromatic nitrogens is 4. The van der Waals surface area contributed by atoms with Gasteiger partial charge in [-0.2, -0.15) is 0 Å². The number of aryl methyl sites for hydroxylation is 1. The Morgan fingerprint density at radius 3 is 2.70 bits per heavy atom. The quantitative estimate of drug-likeness (QED) is 0.582. The zero-order valence-corrected chi connectivity index (χ0v) is 15.1. The van der Waals surface area contributed by atoms with E-state index in [1.165, 1.54) is 23.5 Å². The molecule has 0 fully saturated rings. The summed E-state index contributed by atoms with van der Waals surface area (Å²) in [5, 5.41) is 13.1. The molecule has 4 aromatic rings. The molecule has 0 aliphatic heterocycles. The van der Waals surface area contributed by atoms with Crippen molar-refractivity contribution in [1.29, 1.82) is 0 Å². The number of nitrogens with zero attached hydrogens (tertiary/aromatic N) is 4. The van der Waals surface area contributed by atoms with Crippen LogP contribution in [0.5, 0.6) is 0 Å². The van der Waals surface area contributed by atoms with Crippen LogP contribution >= 0.6 is 11.3 Å². The largest absolute Gasteiger partial charge is 0.321 e. The van der Waals surface area contributed by atoms with Crippen LogP contribution in [-0.4, -0.2) is 25.7 Å². The molecule has 0 saturated carbocycles. The van der Waals surface area contributed by atoms with Crippen molar-refractivity contribution in [2.24, 2.45) is 7.05 Å². The highest BCUT2D eigenvalue weighted by atomic mass is 32.1. The van der Waals surface area contributed by atoms with Gasteiger partial charge in [0.1, 0.15) is 22.8 Å². The van der Waals surface area contributed by atoms with Crippen LogP contribution in [0.15, 0.2) is 60.2 Å². The highest BCUT2D eigenvalue weighted by Crippen LogP contribution is 2.25. The Balaban J connectivity index is 1.53. The number of nitrogens with one attached hydrogen (secondary N) is 1. The van der Waals surface area contributed by atoms with Crippen LogP contribution in [0.1, 0.15) is 10.5 Å². The molecule has 0 spiro atoms. The van der Waals surface area contributed by atoms with Gasteiger partial charge in [-0.05, 0) is 36.4 Å². The fourth-order valence-corrected chi connectivity index (χ4v) is 3.39. The van der Waals surface area contributed by atoms with Gasteiger partial charge < -0.3 is 9.88 Å². The van der Waals surface area contributed by atoms with E-state index in [0.29, 0.717) is 22.2 Å². The molecule has 2 aromatic heterocycles. The lowest BCUT2D eigenvalue weighted by Crippen LogP contribution is -2.12. The van der Waals surface area contributed by atoms with Gasteiger partial charge in [-0.3, -0.25) is 4.79 Å². The van der Waals surface area contributed by atoms with E-state index in [-0.39, 0.29) is 11.7 Å². The number of carbonyl (C=O) groups excluding carboxylic acids is 1. The van der Waals surface area contributed by atoms with Gasteiger partial charge in [-0.1, -0.05) is 12.1 Å². The third-order valence-corrected chi connectivity index (χ3v) is 4.81. The van der Waals surface area contributed by atoms with E-state index in [4.69, 9.17) is 0 Å². The molecule has 0 atom stereocenters. The average molecular weight is 379 g/mol.